The van der Waals surface area contributed by atoms with Crippen LogP contribution in [-0.2, 0) is 4.18 Å². The molecule has 5 heteroatoms. The summed E-state index contributed by atoms with van der Waals surface area (Å²) in [4.78, 5) is 4.03. The van der Waals surface area contributed by atoms with Crippen molar-refractivity contribution in [1.82, 2.24) is 4.98 Å². The zero-order chi connectivity index (χ0) is 9.97. The van der Waals surface area contributed by atoms with Gasteiger partial charge >= 0.3 is 0 Å². The predicted octanol–water partition coefficient (Wildman–Crippen LogP) is 2.09. The van der Waals surface area contributed by atoms with E-state index in [9.17, 15) is 0 Å². The first-order valence-electron chi connectivity index (χ1n) is 4.02. The number of aromatic amines is 1. The van der Waals surface area contributed by atoms with Gasteiger partial charge in [-0.25, -0.2) is 0 Å². The molecule has 0 saturated heterocycles. The molecule has 0 amide bonds. The van der Waals surface area contributed by atoms with E-state index in [4.69, 9.17) is 15.3 Å². The van der Waals surface area contributed by atoms with Crippen LogP contribution in [0.1, 0.15) is 0 Å². The third-order valence-corrected chi connectivity index (χ3v) is 2.55. The molecule has 4 N–H and O–H groups in total. The average Bonchev–Trinajstić information content (AvgIpc) is 2.58. The van der Waals surface area contributed by atoms with Crippen LogP contribution in [0, 0.1) is 5.41 Å². The molecule has 14 heavy (non-hydrogen) atoms. The molecular weight excluding hydrogens is 198 g/mol. The van der Waals surface area contributed by atoms with Gasteiger partial charge in [0.1, 0.15) is 0 Å². The maximum Gasteiger partial charge on any atom is 0.292 e. The summed E-state index contributed by atoms with van der Waals surface area (Å²) in [6.07, 6.45) is 1.83. The number of nitrogens with two attached hydrogens (primary N) is 1. The fourth-order valence-electron chi connectivity index (χ4n) is 1.20. The van der Waals surface area contributed by atoms with Crippen molar-refractivity contribution in [3.8, 4) is 0 Å². The molecule has 0 spiro atoms. The lowest BCUT2D eigenvalue weighted by molar-refractivity contribution is 0.627. The first kappa shape index (κ1) is 8.96. The van der Waals surface area contributed by atoms with Crippen molar-refractivity contribution in [2.45, 2.75) is 4.90 Å². The number of amidine groups is 1. The largest absolute Gasteiger partial charge is 0.386 e. The Hall–Kier alpha value is -1.62. The standard InChI is InChI=1S/C9H9N3OS/c10-9(11)13-14-8-5-12-7-4-2-1-3-6(7)8/h1-5,12H,(H3,10,11). The van der Waals surface area contributed by atoms with Crippen LogP contribution in [0.15, 0.2) is 35.4 Å². The van der Waals surface area contributed by atoms with Gasteiger partial charge in [-0.05, 0) is 6.07 Å². The minimum atomic E-state index is -0.291. The van der Waals surface area contributed by atoms with Gasteiger partial charge in [0.2, 0.25) is 0 Å². The number of hydrogen-bond acceptors (Lipinski definition) is 3. The van der Waals surface area contributed by atoms with Crippen molar-refractivity contribution in [2.75, 3.05) is 0 Å². The number of rotatable bonds is 2. The Morgan fingerprint density at radius 1 is 1.43 bits per heavy atom. The molecule has 0 saturated carbocycles. The Kier molecular flexibility index (Phi) is 2.32. The zero-order valence-electron chi connectivity index (χ0n) is 7.28. The molecule has 0 radical (unpaired) electrons. The summed E-state index contributed by atoms with van der Waals surface area (Å²) in [6, 6.07) is 7.58. The Bertz CT molecular complexity index is 466. The summed E-state index contributed by atoms with van der Waals surface area (Å²) in [6.45, 7) is 0. The first-order valence-corrected chi connectivity index (χ1v) is 4.76. The lowest BCUT2D eigenvalue weighted by Gasteiger charge is -1.98. The number of fused-ring (bicyclic) bond motifs is 1. The summed E-state index contributed by atoms with van der Waals surface area (Å²) in [5.41, 5.74) is 6.13. The maximum atomic E-state index is 6.93. The molecule has 0 aliphatic carbocycles. The second kappa shape index (κ2) is 3.63. The van der Waals surface area contributed by atoms with Crippen molar-refractivity contribution in [3.05, 3.63) is 30.5 Å². The van der Waals surface area contributed by atoms with Crippen molar-refractivity contribution in [1.29, 1.82) is 5.41 Å². The summed E-state index contributed by atoms with van der Waals surface area (Å²) in [5, 5.41) is 8.00. The third kappa shape index (κ3) is 1.67. The number of benzene rings is 1. The monoisotopic (exact) mass is 207 g/mol. The minimum absolute atomic E-state index is 0.291. The van der Waals surface area contributed by atoms with Gasteiger partial charge < -0.3 is 14.9 Å². The van der Waals surface area contributed by atoms with Gasteiger partial charge in [-0.3, -0.25) is 5.41 Å². The zero-order valence-corrected chi connectivity index (χ0v) is 8.10. The predicted molar refractivity (Wildman–Crippen MR) is 57.2 cm³/mol. The van der Waals surface area contributed by atoms with Crippen molar-refractivity contribution in [3.63, 3.8) is 0 Å². The number of H-pyrrole nitrogens is 1. The SMILES string of the molecule is N=C(N)OSc1c[nH]c2ccccc12. The smallest absolute Gasteiger partial charge is 0.292 e. The second-order valence-electron chi connectivity index (χ2n) is 2.73. The van der Waals surface area contributed by atoms with Crippen LogP contribution in [0.4, 0.5) is 0 Å². The van der Waals surface area contributed by atoms with Crippen LogP contribution in [0.2, 0.25) is 0 Å². The fourth-order valence-corrected chi connectivity index (χ4v) is 1.76. The number of nitrogens with one attached hydrogen (secondary N) is 2. The van der Waals surface area contributed by atoms with Gasteiger partial charge in [0.25, 0.3) is 6.02 Å². The molecule has 0 aliphatic heterocycles. The Morgan fingerprint density at radius 2 is 2.21 bits per heavy atom. The highest BCUT2D eigenvalue weighted by Crippen LogP contribution is 2.27. The van der Waals surface area contributed by atoms with E-state index in [0.29, 0.717) is 0 Å². The quantitative estimate of drug-likeness (QED) is 0.401. The van der Waals surface area contributed by atoms with E-state index < -0.39 is 0 Å². The summed E-state index contributed by atoms with van der Waals surface area (Å²) < 4.78 is 4.85. The van der Waals surface area contributed by atoms with Crippen LogP contribution in [0.25, 0.3) is 10.9 Å². The summed E-state index contributed by atoms with van der Waals surface area (Å²) in [7, 11) is 0. The lowest BCUT2D eigenvalue weighted by atomic mass is 10.2. The van der Waals surface area contributed by atoms with E-state index in [0.717, 1.165) is 27.8 Å². The van der Waals surface area contributed by atoms with Crippen LogP contribution >= 0.6 is 12.0 Å². The number of para-hydroxylation sites is 1. The topological polar surface area (TPSA) is 74.9 Å². The Morgan fingerprint density at radius 3 is 3.00 bits per heavy atom. The highest BCUT2D eigenvalue weighted by atomic mass is 32.2. The Labute approximate surface area is 85.2 Å². The molecule has 1 aromatic heterocycles. The van der Waals surface area contributed by atoms with E-state index >= 15 is 0 Å². The third-order valence-electron chi connectivity index (χ3n) is 1.77. The lowest BCUT2D eigenvalue weighted by Crippen LogP contribution is -2.09. The molecule has 2 aromatic rings. The minimum Gasteiger partial charge on any atom is -0.386 e. The van der Waals surface area contributed by atoms with E-state index in [2.05, 4.69) is 4.98 Å². The number of aromatic nitrogens is 1. The second-order valence-corrected chi connectivity index (χ2v) is 3.50. The normalized spacial score (nSPS) is 10.3. The highest BCUT2D eigenvalue weighted by molar-refractivity contribution is 7.95. The molecule has 0 atom stereocenters. The van der Waals surface area contributed by atoms with Crippen LogP contribution < -0.4 is 5.73 Å². The first-order chi connectivity index (χ1) is 6.77. The van der Waals surface area contributed by atoms with Crippen molar-refractivity contribution in [2.24, 2.45) is 5.73 Å². The summed E-state index contributed by atoms with van der Waals surface area (Å²) in [5.74, 6) is 0. The Balaban J connectivity index is 2.29. The van der Waals surface area contributed by atoms with Crippen LogP contribution in [-0.4, -0.2) is 11.0 Å². The average molecular weight is 207 g/mol. The van der Waals surface area contributed by atoms with E-state index in [1.807, 2.05) is 30.5 Å². The van der Waals surface area contributed by atoms with Crippen LogP contribution in [0.5, 0.6) is 0 Å². The van der Waals surface area contributed by atoms with Gasteiger partial charge in [-0.1, -0.05) is 18.2 Å². The van der Waals surface area contributed by atoms with Gasteiger partial charge in [0.15, 0.2) is 0 Å². The van der Waals surface area contributed by atoms with Crippen molar-refractivity contribution < 1.29 is 4.18 Å². The van der Waals surface area contributed by atoms with Crippen molar-refractivity contribution >= 4 is 29.0 Å². The molecular formula is C9H9N3OS. The molecule has 0 aliphatic rings. The van der Waals surface area contributed by atoms with Gasteiger partial charge in [0, 0.05) is 17.1 Å². The summed E-state index contributed by atoms with van der Waals surface area (Å²) >= 11 is 1.08. The van der Waals surface area contributed by atoms with E-state index in [-0.39, 0.29) is 6.02 Å². The molecule has 1 heterocycles. The maximum absolute atomic E-state index is 6.93. The van der Waals surface area contributed by atoms with E-state index in [1.165, 1.54) is 0 Å². The van der Waals surface area contributed by atoms with Crippen LogP contribution in [0.3, 0.4) is 0 Å². The van der Waals surface area contributed by atoms with Gasteiger partial charge in [-0.2, -0.15) is 0 Å². The molecule has 0 unspecified atom stereocenters. The molecule has 0 fully saturated rings. The van der Waals surface area contributed by atoms with Gasteiger partial charge in [0.05, 0.1) is 16.9 Å². The molecule has 2 rings (SSSR count). The fraction of sp³-hybridized carbons (Fsp3) is 0. The number of hydrogen-bond donors (Lipinski definition) is 3. The molecule has 0 bridgehead atoms. The highest BCUT2D eigenvalue weighted by Gasteiger charge is 2.04. The molecule has 4 nitrogen and oxygen atoms in total. The molecule has 1 aromatic carbocycles. The van der Waals surface area contributed by atoms with E-state index in [1.54, 1.807) is 0 Å². The van der Waals surface area contributed by atoms with Gasteiger partial charge in [-0.15, -0.1) is 0 Å². The molecule has 72 valence electrons.